The molecular weight excluding hydrogens is 276 g/mol. The summed E-state index contributed by atoms with van der Waals surface area (Å²) >= 11 is 0. The fourth-order valence-corrected chi connectivity index (χ4v) is 1.93. The summed E-state index contributed by atoms with van der Waals surface area (Å²) < 4.78 is 0. The van der Waals surface area contributed by atoms with Crippen molar-refractivity contribution < 1.29 is 9.90 Å². The van der Waals surface area contributed by atoms with Crippen LogP contribution < -0.4 is 10.6 Å². The minimum Gasteiger partial charge on any atom is -0.396 e. The number of amides is 1. The van der Waals surface area contributed by atoms with Crippen molar-refractivity contribution in [3.8, 4) is 0 Å². The van der Waals surface area contributed by atoms with E-state index in [0.29, 0.717) is 13.0 Å². The van der Waals surface area contributed by atoms with Gasteiger partial charge in [0.15, 0.2) is 0 Å². The van der Waals surface area contributed by atoms with Crippen LogP contribution in [0.3, 0.4) is 0 Å². The second kappa shape index (κ2) is 8.53. The molecule has 0 radical (unpaired) electrons. The van der Waals surface area contributed by atoms with Gasteiger partial charge < -0.3 is 15.7 Å². The summed E-state index contributed by atoms with van der Waals surface area (Å²) in [5.74, 6) is -0.0747. The highest BCUT2D eigenvalue weighted by Gasteiger charge is 2.04. The van der Waals surface area contributed by atoms with Gasteiger partial charge in [-0.05, 0) is 24.4 Å². The third kappa shape index (κ3) is 4.49. The van der Waals surface area contributed by atoms with E-state index in [1.807, 2.05) is 42.5 Å². The number of aliphatic hydroxyl groups excluding tert-OH is 1. The molecule has 0 aliphatic rings. The number of carbonyl (C=O) groups is 1. The van der Waals surface area contributed by atoms with Crippen LogP contribution in [0, 0.1) is 0 Å². The number of anilines is 1. The zero-order chi connectivity index (χ0) is 13.5. The number of rotatable bonds is 6. The molecule has 0 atom stereocenters. The number of hydrogen-bond acceptors (Lipinski definition) is 3. The first-order valence-corrected chi connectivity index (χ1v) is 6.40. The standard InChI is InChI=1S/C15H18N2O2.ClH/c18-10-4-9-16-11-15(19)17-14-8-3-6-12-5-1-2-7-13(12)14;/h1-3,5-8,16,18H,4,9-11H2,(H,17,19);1H. The average molecular weight is 295 g/mol. The summed E-state index contributed by atoms with van der Waals surface area (Å²) in [5.41, 5.74) is 0.826. The Morgan fingerprint density at radius 3 is 2.65 bits per heavy atom. The third-order valence-corrected chi connectivity index (χ3v) is 2.86. The van der Waals surface area contributed by atoms with Crippen LogP contribution in [0.15, 0.2) is 42.5 Å². The quantitative estimate of drug-likeness (QED) is 0.716. The summed E-state index contributed by atoms with van der Waals surface area (Å²) in [7, 11) is 0. The van der Waals surface area contributed by atoms with Gasteiger partial charge in [0.1, 0.15) is 0 Å². The van der Waals surface area contributed by atoms with E-state index in [0.717, 1.165) is 16.5 Å². The highest BCUT2D eigenvalue weighted by atomic mass is 35.5. The average Bonchev–Trinajstić information content (AvgIpc) is 2.44. The highest BCUT2D eigenvalue weighted by Crippen LogP contribution is 2.22. The molecule has 3 N–H and O–H groups in total. The maximum absolute atomic E-state index is 11.8. The number of halogens is 1. The van der Waals surface area contributed by atoms with Crippen LogP contribution >= 0.6 is 12.4 Å². The van der Waals surface area contributed by atoms with Crippen LogP contribution in [-0.4, -0.2) is 30.7 Å². The van der Waals surface area contributed by atoms with Gasteiger partial charge in [-0.1, -0.05) is 36.4 Å². The smallest absolute Gasteiger partial charge is 0.238 e. The summed E-state index contributed by atoms with van der Waals surface area (Å²) in [6.45, 7) is 1.03. The van der Waals surface area contributed by atoms with E-state index in [1.54, 1.807) is 0 Å². The minimum absolute atomic E-state index is 0. The van der Waals surface area contributed by atoms with Crippen LogP contribution in [0.25, 0.3) is 10.8 Å². The lowest BCUT2D eigenvalue weighted by atomic mass is 10.1. The SMILES string of the molecule is Cl.O=C(CNCCCO)Nc1cccc2ccccc12. The Morgan fingerprint density at radius 1 is 1.10 bits per heavy atom. The number of aliphatic hydroxyl groups is 1. The lowest BCUT2D eigenvalue weighted by molar-refractivity contribution is -0.115. The molecule has 4 nitrogen and oxygen atoms in total. The lowest BCUT2D eigenvalue weighted by Gasteiger charge is -2.09. The molecule has 0 fully saturated rings. The van der Waals surface area contributed by atoms with Gasteiger partial charge in [0, 0.05) is 17.7 Å². The monoisotopic (exact) mass is 294 g/mol. The number of nitrogens with one attached hydrogen (secondary N) is 2. The van der Waals surface area contributed by atoms with Crippen molar-refractivity contribution >= 4 is 34.8 Å². The van der Waals surface area contributed by atoms with Crippen LogP contribution in [-0.2, 0) is 4.79 Å². The van der Waals surface area contributed by atoms with Gasteiger partial charge in [-0.3, -0.25) is 4.79 Å². The largest absolute Gasteiger partial charge is 0.396 e. The van der Waals surface area contributed by atoms with Crippen molar-refractivity contribution in [2.45, 2.75) is 6.42 Å². The van der Waals surface area contributed by atoms with Crippen molar-refractivity contribution in [2.75, 3.05) is 25.0 Å². The molecular formula is C15H19ClN2O2. The predicted octanol–water partition coefficient (Wildman–Crippen LogP) is 2.17. The van der Waals surface area contributed by atoms with Gasteiger partial charge in [-0.25, -0.2) is 0 Å². The third-order valence-electron chi connectivity index (χ3n) is 2.86. The van der Waals surface area contributed by atoms with E-state index < -0.39 is 0 Å². The zero-order valence-electron chi connectivity index (χ0n) is 11.1. The Kier molecular flexibility index (Phi) is 7.01. The molecule has 108 valence electrons. The molecule has 0 heterocycles. The van der Waals surface area contributed by atoms with E-state index in [1.165, 1.54) is 0 Å². The maximum atomic E-state index is 11.8. The molecule has 0 saturated heterocycles. The molecule has 2 aromatic carbocycles. The van der Waals surface area contributed by atoms with Gasteiger partial charge in [0.25, 0.3) is 0 Å². The van der Waals surface area contributed by atoms with E-state index in [4.69, 9.17) is 5.11 Å². The highest BCUT2D eigenvalue weighted by molar-refractivity contribution is 6.02. The minimum atomic E-state index is -0.0747. The zero-order valence-corrected chi connectivity index (χ0v) is 12.0. The van der Waals surface area contributed by atoms with Crippen molar-refractivity contribution in [3.63, 3.8) is 0 Å². The second-order valence-corrected chi connectivity index (χ2v) is 4.33. The van der Waals surface area contributed by atoms with Crippen molar-refractivity contribution in [1.82, 2.24) is 5.32 Å². The predicted molar refractivity (Wildman–Crippen MR) is 84.4 cm³/mol. The normalized spacial score (nSPS) is 10.1. The fourth-order valence-electron chi connectivity index (χ4n) is 1.93. The van der Waals surface area contributed by atoms with Gasteiger partial charge >= 0.3 is 0 Å². The van der Waals surface area contributed by atoms with Crippen molar-refractivity contribution in [1.29, 1.82) is 0 Å². The Balaban J connectivity index is 0.00000200. The Bertz CT molecular complexity index is 555. The summed E-state index contributed by atoms with van der Waals surface area (Å²) in [4.78, 5) is 11.8. The first-order chi connectivity index (χ1) is 9.31. The molecule has 0 aliphatic heterocycles. The Morgan fingerprint density at radius 2 is 1.85 bits per heavy atom. The van der Waals surface area contributed by atoms with Crippen LogP contribution in [0.2, 0.25) is 0 Å². The second-order valence-electron chi connectivity index (χ2n) is 4.33. The summed E-state index contributed by atoms with van der Waals surface area (Å²) in [6, 6.07) is 13.8. The van der Waals surface area contributed by atoms with Gasteiger partial charge in [0.05, 0.1) is 6.54 Å². The first kappa shape index (κ1) is 16.4. The summed E-state index contributed by atoms with van der Waals surface area (Å²) in [5, 5.41) is 16.7. The molecule has 20 heavy (non-hydrogen) atoms. The first-order valence-electron chi connectivity index (χ1n) is 6.40. The van der Waals surface area contributed by atoms with Crippen molar-refractivity contribution in [3.05, 3.63) is 42.5 Å². The molecule has 2 aromatic rings. The molecule has 0 bridgehead atoms. The topological polar surface area (TPSA) is 61.4 Å². The van der Waals surface area contributed by atoms with Gasteiger partial charge in [-0.2, -0.15) is 0 Å². The number of benzene rings is 2. The molecule has 1 amide bonds. The molecule has 0 aromatic heterocycles. The lowest BCUT2D eigenvalue weighted by Crippen LogP contribution is -2.29. The van der Waals surface area contributed by atoms with E-state index in [2.05, 4.69) is 10.6 Å². The molecule has 0 spiro atoms. The van der Waals surface area contributed by atoms with Gasteiger partial charge in [0.2, 0.25) is 5.91 Å². The molecule has 0 unspecified atom stereocenters. The Hall–Kier alpha value is -1.62. The Labute approximate surface area is 124 Å². The number of fused-ring (bicyclic) bond motifs is 1. The molecule has 0 aliphatic carbocycles. The van der Waals surface area contributed by atoms with Crippen molar-refractivity contribution in [2.24, 2.45) is 0 Å². The summed E-state index contributed by atoms with van der Waals surface area (Å²) in [6.07, 6.45) is 0.654. The fraction of sp³-hybridized carbons (Fsp3) is 0.267. The maximum Gasteiger partial charge on any atom is 0.238 e. The van der Waals surface area contributed by atoms with Crippen LogP contribution in [0.4, 0.5) is 5.69 Å². The van der Waals surface area contributed by atoms with Gasteiger partial charge in [-0.15, -0.1) is 12.4 Å². The van der Waals surface area contributed by atoms with Crippen LogP contribution in [0.1, 0.15) is 6.42 Å². The van der Waals surface area contributed by atoms with E-state index in [-0.39, 0.29) is 31.5 Å². The number of hydrogen-bond donors (Lipinski definition) is 3. The van der Waals surface area contributed by atoms with Crippen LogP contribution in [0.5, 0.6) is 0 Å². The molecule has 5 heteroatoms. The molecule has 0 saturated carbocycles. The van der Waals surface area contributed by atoms with E-state index in [9.17, 15) is 4.79 Å². The molecule has 2 rings (SSSR count). The van der Waals surface area contributed by atoms with E-state index >= 15 is 0 Å². The number of carbonyl (C=O) groups excluding carboxylic acids is 1.